The van der Waals surface area contributed by atoms with Crippen LogP contribution in [0.15, 0.2) is 36.5 Å². The van der Waals surface area contributed by atoms with E-state index in [1.807, 2.05) is 51.1 Å². The molecule has 168 valence electrons. The predicted molar refractivity (Wildman–Crippen MR) is 120 cm³/mol. The molecule has 0 aliphatic heterocycles. The van der Waals surface area contributed by atoms with Crippen LogP contribution in [0.3, 0.4) is 0 Å². The number of amides is 1. The Morgan fingerprint density at radius 1 is 1.25 bits per heavy atom. The van der Waals surface area contributed by atoms with E-state index in [9.17, 15) is 9.90 Å². The second kappa shape index (κ2) is 8.38. The Morgan fingerprint density at radius 2 is 1.94 bits per heavy atom. The smallest absolute Gasteiger partial charge is 0.407 e. The van der Waals surface area contributed by atoms with Crippen LogP contribution in [0.1, 0.15) is 33.6 Å². The molecule has 10 heteroatoms. The number of rotatable bonds is 7. The quantitative estimate of drug-likeness (QED) is 0.502. The van der Waals surface area contributed by atoms with Gasteiger partial charge in [0.15, 0.2) is 0 Å². The molecule has 3 aromatic rings. The lowest BCUT2D eigenvalue weighted by molar-refractivity contribution is 0.0746. The van der Waals surface area contributed by atoms with Gasteiger partial charge in [0.2, 0.25) is 5.82 Å². The average Bonchev–Trinajstić information content (AvgIpc) is 3.30. The lowest BCUT2D eigenvalue weighted by Gasteiger charge is -2.36. The van der Waals surface area contributed by atoms with Crippen molar-refractivity contribution < 1.29 is 14.6 Å². The van der Waals surface area contributed by atoms with Gasteiger partial charge in [-0.05, 0) is 50.5 Å². The molecule has 9 nitrogen and oxygen atoms in total. The summed E-state index contributed by atoms with van der Waals surface area (Å²) >= 11 is 6.35. The topological polar surface area (TPSA) is 117 Å². The van der Waals surface area contributed by atoms with Gasteiger partial charge in [-0.15, -0.1) is 10.2 Å². The van der Waals surface area contributed by atoms with E-state index >= 15 is 0 Å². The maximum Gasteiger partial charge on any atom is 0.407 e. The Bertz CT molecular complexity index is 1090. The van der Waals surface area contributed by atoms with E-state index in [0.29, 0.717) is 29.9 Å². The molecule has 1 amide bonds. The number of halogens is 1. The van der Waals surface area contributed by atoms with Gasteiger partial charge in [-0.1, -0.05) is 35.9 Å². The van der Waals surface area contributed by atoms with Crippen molar-refractivity contribution in [1.29, 1.82) is 0 Å². The van der Waals surface area contributed by atoms with Crippen molar-refractivity contribution in [2.45, 2.75) is 39.2 Å². The Labute approximate surface area is 190 Å². The third-order valence-corrected chi connectivity index (χ3v) is 5.95. The number of pyridine rings is 1. The summed E-state index contributed by atoms with van der Waals surface area (Å²) in [5.41, 5.74) is 1.82. The number of carboxylic acid groups (broad SMARTS) is 1. The molecule has 1 saturated carbocycles. The fraction of sp³-hybridized carbons (Fsp3) is 0.409. The van der Waals surface area contributed by atoms with Crippen molar-refractivity contribution in [2.24, 2.45) is 5.41 Å². The van der Waals surface area contributed by atoms with Gasteiger partial charge in [-0.3, -0.25) is 0 Å². The van der Waals surface area contributed by atoms with E-state index < -0.39 is 11.6 Å². The molecule has 2 aromatic heterocycles. The Kier molecular flexibility index (Phi) is 5.77. The van der Waals surface area contributed by atoms with Crippen LogP contribution in [-0.2, 0) is 0 Å². The van der Waals surface area contributed by atoms with Crippen LogP contribution >= 0.6 is 11.6 Å². The molecule has 0 unspecified atom stereocenters. The lowest BCUT2D eigenvalue weighted by atomic mass is 10.0. The molecular weight excluding hydrogens is 432 g/mol. The molecule has 4 rings (SSSR count). The summed E-state index contributed by atoms with van der Waals surface area (Å²) < 4.78 is 6.05. The first kappa shape index (κ1) is 22.0. The predicted octanol–water partition coefficient (Wildman–Crippen LogP) is 4.52. The Balaban J connectivity index is 1.47. The number of hydrogen-bond donors (Lipinski definition) is 2. The van der Waals surface area contributed by atoms with Gasteiger partial charge in [0.1, 0.15) is 10.9 Å². The van der Waals surface area contributed by atoms with Crippen LogP contribution in [0.25, 0.3) is 22.5 Å². The molecule has 1 aliphatic rings. The van der Waals surface area contributed by atoms with Crippen LogP contribution in [0.4, 0.5) is 4.79 Å². The first-order valence-corrected chi connectivity index (χ1v) is 10.7. The van der Waals surface area contributed by atoms with Gasteiger partial charge >= 0.3 is 6.09 Å². The summed E-state index contributed by atoms with van der Waals surface area (Å²) in [6.07, 6.45) is 2.54. The highest BCUT2D eigenvalue weighted by Crippen LogP contribution is 2.47. The number of ether oxygens (including phenoxy) is 1. The number of aromatic nitrogens is 5. The Morgan fingerprint density at radius 3 is 2.50 bits per heavy atom. The zero-order valence-corrected chi connectivity index (χ0v) is 18.9. The van der Waals surface area contributed by atoms with Crippen LogP contribution in [0.2, 0.25) is 5.15 Å². The first-order valence-electron chi connectivity index (χ1n) is 10.3. The zero-order chi connectivity index (χ0) is 22.9. The summed E-state index contributed by atoms with van der Waals surface area (Å²) in [4.78, 5) is 17.5. The van der Waals surface area contributed by atoms with Crippen LogP contribution in [-0.4, -0.2) is 60.4 Å². The van der Waals surface area contributed by atoms with Crippen molar-refractivity contribution in [2.75, 3.05) is 13.2 Å². The number of aromatic amines is 1. The highest BCUT2D eigenvalue weighted by Gasteiger charge is 2.47. The van der Waals surface area contributed by atoms with Crippen LogP contribution in [0.5, 0.6) is 5.75 Å². The van der Waals surface area contributed by atoms with Crippen molar-refractivity contribution in [3.05, 3.63) is 41.7 Å². The molecule has 0 bridgehead atoms. The van der Waals surface area contributed by atoms with E-state index in [1.165, 1.54) is 4.90 Å². The van der Waals surface area contributed by atoms with Gasteiger partial charge in [0.05, 0.1) is 12.8 Å². The van der Waals surface area contributed by atoms with E-state index in [1.54, 1.807) is 6.20 Å². The van der Waals surface area contributed by atoms with Gasteiger partial charge in [0, 0.05) is 28.6 Å². The second-order valence-electron chi connectivity index (χ2n) is 9.15. The maximum absolute atomic E-state index is 11.7. The lowest BCUT2D eigenvalue weighted by Crippen LogP contribution is -2.48. The number of benzene rings is 1. The number of hydrogen-bond acceptors (Lipinski definition) is 6. The van der Waals surface area contributed by atoms with Crippen molar-refractivity contribution in [3.8, 4) is 28.3 Å². The molecule has 2 N–H and O–H groups in total. The highest BCUT2D eigenvalue weighted by atomic mass is 35.5. The van der Waals surface area contributed by atoms with Crippen molar-refractivity contribution in [1.82, 2.24) is 30.5 Å². The largest absolute Gasteiger partial charge is 0.491 e. The van der Waals surface area contributed by atoms with E-state index in [2.05, 4.69) is 25.6 Å². The summed E-state index contributed by atoms with van der Waals surface area (Å²) in [5.74, 6) is 1.11. The fourth-order valence-corrected chi connectivity index (χ4v) is 3.69. The second-order valence-corrected chi connectivity index (χ2v) is 9.51. The number of nitrogens with zero attached hydrogens (tertiary/aromatic N) is 5. The minimum atomic E-state index is -0.913. The van der Waals surface area contributed by atoms with E-state index in [-0.39, 0.29) is 5.41 Å². The fourth-order valence-electron chi connectivity index (χ4n) is 3.48. The number of H-pyrrole nitrogens is 1. The first-order chi connectivity index (χ1) is 15.2. The molecule has 0 atom stereocenters. The zero-order valence-electron chi connectivity index (χ0n) is 18.2. The molecule has 0 radical (unpaired) electrons. The summed E-state index contributed by atoms with van der Waals surface area (Å²) in [6.45, 7) is 6.57. The molecule has 1 fully saturated rings. The van der Waals surface area contributed by atoms with Crippen molar-refractivity contribution in [3.63, 3.8) is 0 Å². The number of carbonyl (C=O) groups is 1. The summed E-state index contributed by atoms with van der Waals surface area (Å²) in [5, 5.41) is 23.9. The third-order valence-electron chi connectivity index (χ3n) is 5.65. The molecule has 1 aliphatic carbocycles. The van der Waals surface area contributed by atoms with Crippen LogP contribution in [0, 0.1) is 5.41 Å². The number of nitrogens with one attached hydrogen (secondary N) is 1. The van der Waals surface area contributed by atoms with Gasteiger partial charge < -0.3 is 14.7 Å². The Hall–Kier alpha value is -3.20. The molecule has 32 heavy (non-hydrogen) atoms. The molecule has 1 aromatic carbocycles. The van der Waals surface area contributed by atoms with Crippen molar-refractivity contribution >= 4 is 17.7 Å². The maximum atomic E-state index is 11.7. The minimum Gasteiger partial charge on any atom is -0.491 e. The minimum absolute atomic E-state index is 0.169. The highest BCUT2D eigenvalue weighted by molar-refractivity contribution is 6.32. The summed E-state index contributed by atoms with van der Waals surface area (Å²) in [6, 6.07) is 9.45. The third kappa shape index (κ3) is 4.83. The SMILES string of the molecule is CC(C)(C)N(CC1(COc2cnc(Cl)c(-c3ccc(-c4nn[nH]n4)cc3)c2)CC1)C(=O)O. The number of tetrazole rings is 1. The average molecular weight is 457 g/mol. The van der Waals surface area contributed by atoms with E-state index in [0.717, 1.165) is 29.5 Å². The van der Waals surface area contributed by atoms with Gasteiger partial charge in [-0.2, -0.15) is 5.21 Å². The van der Waals surface area contributed by atoms with Crippen LogP contribution < -0.4 is 4.74 Å². The molecule has 0 spiro atoms. The van der Waals surface area contributed by atoms with E-state index in [4.69, 9.17) is 16.3 Å². The normalized spacial score (nSPS) is 14.8. The van der Waals surface area contributed by atoms with Gasteiger partial charge in [0.25, 0.3) is 0 Å². The molecule has 2 heterocycles. The monoisotopic (exact) mass is 456 g/mol. The summed E-state index contributed by atoms with van der Waals surface area (Å²) in [7, 11) is 0. The molecule has 0 saturated heterocycles. The standard InChI is InChI=1S/C22H25ClN6O3/c1-21(2,3)29(20(30)31)12-22(8-9-22)13-32-16-10-17(18(23)24-11-16)14-4-6-15(7-5-14)19-25-27-28-26-19/h4-7,10-11H,8-9,12-13H2,1-3H3,(H,30,31)(H,25,26,27,28). The molecular formula is C22H25ClN6O3. The van der Waals surface area contributed by atoms with Gasteiger partial charge in [-0.25, -0.2) is 9.78 Å².